The van der Waals surface area contributed by atoms with Gasteiger partial charge in [-0.05, 0) is 41.8 Å². The normalized spacial score (nSPS) is 16.9. The Kier molecular flexibility index (Phi) is 2.59. The predicted molar refractivity (Wildman–Crippen MR) is 66.3 cm³/mol. The molecule has 18 heavy (non-hydrogen) atoms. The molecule has 0 fully saturated rings. The van der Waals surface area contributed by atoms with Gasteiger partial charge in [0.1, 0.15) is 5.82 Å². The number of hydrogen-bond donors (Lipinski definition) is 0. The molecule has 2 aromatic rings. The van der Waals surface area contributed by atoms with Crippen molar-refractivity contribution in [2.75, 3.05) is 0 Å². The van der Waals surface area contributed by atoms with Crippen molar-refractivity contribution >= 4 is 17.4 Å². The minimum atomic E-state index is -0.259. The molecule has 0 atom stereocenters. The molecule has 0 radical (unpaired) electrons. The maximum absolute atomic E-state index is 13.2. The summed E-state index contributed by atoms with van der Waals surface area (Å²) >= 11 is 0. The molecular weight excluding hydrogens is 231 g/mol. The molecule has 0 spiro atoms. The van der Waals surface area contributed by atoms with E-state index in [-0.39, 0.29) is 11.6 Å². The summed E-state index contributed by atoms with van der Waals surface area (Å²) in [4.78, 5) is 12.0. The van der Waals surface area contributed by atoms with Crippen LogP contribution < -0.4 is 0 Å². The fraction of sp³-hybridized carbons (Fsp3) is 0.133. The van der Waals surface area contributed by atoms with Gasteiger partial charge in [0.05, 0.1) is 12.5 Å². The molecule has 0 amide bonds. The van der Waals surface area contributed by atoms with Crippen molar-refractivity contribution in [3.63, 3.8) is 0 Å². The summed E-state index contributed by atoms with van der Waals surface area (Å²) in [5.74, 6) is -0.166. The van der Waals surface area contributed by atoms with Crippen LogP contribution in [0.3, 0.4) is 0 Å². The molecule has 1 aromatic heterocycles. The SMILES string of the molecule is O=C1CCc2cc(F)ccc2/C1=C/c1ccoc1. The Labute approximate surface area is 104 Å². The number of halogens is 1. The number of rotatable bonds is 1. The third-order valence-corrected chi connectivity index (χ3v) is 3.13. The molecule has 2 nitrogen and oxygen atoms in total. The van der Waals surface area contributed by atoms with Crippen LogP contribution in [0.25, 0.3) is 11.6 Å². The van der Waals surface area contributed by atoms with Crippen LogP contribution >= 0.6 is 0 Å². The summed E-state index contributed by atoms with van der Waals surface area (Å²) in [6.45, 7) is 0. The molecule has 0 saturated carbocycles. The highest BCUT2D eigenvalue weighted by Crippen LogP contribution is 2.30. The van der Waals surface area contributed by atoms with E-state index in [0.717, 1.165) is 16.7 Å². The number of hydrogen-bond acceptors (Lipinski definition) is 2. The Morgan fingerprint density at radius 2 is 2.11 bits per heavy atom. The van der Waals surface area contributed by atoms with Crippen molar-refractivity contribution in [3.05, 3.63) is 59.3 Å². The van der Waals surface area contributed by atoms with Gasteiger partial charge in [-0.3, -0.25) is 4.79 Å². The summed E-state index contributed by atoms with van der Waals surface area (Å²) in [6, 6.07) is 6.36. The average molecular weight is 242 g/mol. The second kappa shape index (κ2) is 4.26. The van der Waals surface area contributed by atoms with Crippen LogP contribution in [0.5, 0.6) is 0 Å². The van der Waals surface area contributed by atoms with Crippen LogP contribution in [0.1, 0.15) is 23.1 Å². The van der Waals surface area contributed by atoms with Crippen molar-refractivity contribution in [1.29, 1.82) is 0 Å². The largest absolute Gasteiger partial charge is 0.472 e. The molecule has 0 unspecified atom stereocenters. The lowest BCUT2D eigenvalue weighted by molar-refractivity contribution is -0.113. The van der Waals surface area contributed by atoms with Crippen LogP contribution in [-0.4, -0.2) is 5.78 Å². The van der Waals surface area contributed by atoms with Crippen LogP contribution in [0.15, 0.2) is 41.2 Å². The Morgan fingerprint density at radius 3 is 2.89 bits per heavy atom. The minimum absolute atomic E-state index is 0.0929. The van der Waals surface area contributed by atoms with Crippen molar-refractivity contribution in [2.45, 2.75) is 12.8 Å². The summed E-state index contributed by atoms with van der Waals surface area (Å²) in [5.41, 5.74) is 3.20. The number of fused-ring (bicyclic) bond motifs is 1. The Hall–Kier alpha value is -2.16. The molecule has 1 aliphatic rings. The lowest BCUT2D eigenvalue weighted by Gasteiger charge is -2.17. The molecule has 3 heteroatoms. The first-order chi connectivity index (χ1) is 8.74. The van der Waals surface area contributed by atoms with E-state index in [2.05, 4.69) is 0 Å². The third kappa shape index (κ3) is 1.88. The highest BCUT2D eigenvalue weighted by atomic mass is 19.1. The number of allylic oxidation sites excluding steroid dienone is 1. The zero-order chi connectivity index (χ0) is 12.5. The topological polar surface area (TPSA) is 30.2 Å². The van der Waals surface area contributed by atoms with Gasteiger partial charge >= 0.3 is 0 Å². The van der Waals surface area contributed by atoms with Gasteiger partial charge in [0.2, 0.25) is 0 Å². The second-order valence-electron chi connectivity index (χ2n) is 4.34. The number of furan rings is 1. The van der Waals surface area contributed by atoms with E-state index in [1.807, 2.05) is 0 Å². The van der Waals surface area contributed by atoms with E-state index in [1.54, 1.807) is 30.7 Å². The molecule has 0 bridgehead atoms. The molecule has 90 valence electrons. The molecule has 1 aliphatic carbocycles. The van der Waals surface area contributed by atoms with Gasteiger partial charge in [0.15, 0.2) is 5.78 Å². The van der Waals surface area contributed by atoms with Gasteiger partial charge in [-0.2, -0.15) is 0 Å². The first-order valence-electron chi connectivity index (χ1n) is 5.80. The molecule has 3 rings (SSSR count). The van der Waals surface area contributed by atoms with Crippen molar-refractivity contribution in [1.82, 2.24) is 0 Å². The standard InChI is InChI=1S/C15H11FO2/c16-12-2-3-13-11(8-12)1-4-15(17)14(13)7-10-5-6-18-9-10/h2-3,5-9H,1,4H2/b14-7-. The molecule has 0 aliphatic heterocycles. The monoisotopic (exact) mass is 242 g/mol. The van der Waals surface area contributed by atoms with Crippen molar-refractivity contribution in [2.24, 2.45) is 0 Å². The summed E-state index contributed by atoms with van der Waals surface area (Å²) in [5, 5.41) is 0. The van der Waals surface area contributed by atoms with Crippen molar-refractivity contribution < 1.29 is 13.6 Å². The highest BCUT2D eigenvalue weighted by molar-refractivity contribution is 6.26. The van der Waals surface area contributed by atoms with Gasteiger partial charge in [0.25, 0.3) is 0 Å². The quantitative estimate of drug-likeness (QED) is 0.717. The maximum Gasteiger partial charge on any atom is 0.163 e. The first-order valence-corrected chi connectivity index (χ1v) is 5.80. The van der Waals surface area contributed by atoms with Crippen molar-refractivity contribution in [3.8, 4) is 0 Å². The van der Waals surface area contributed by atoms with Gasteiger partial charge in [-0.15, -0.1) is 0 Å². The van der Waals surface area contributed by atoms with Crippen LogP contribution in [0, 0.1) is 5.82 Å². The smallest absolute Gasteiger partial charge is 0.163 e. The molecule has 0 saturated heterocycles. The van der Waals surface area contributed by atoms with Crippen LogP contribution in [-0.2, 0) is 11.2 Å². The highest BCUT2D eigenvalue weighted by Gasteiger charge is 2.21. The molecule has 1 heterocycles. The van der Waals surface area contributed by atoms with E-state index in [1.165, 1.54) is 12.1 Å². The number of benzene rings is 1. The maximum atomic E-state index is 13.2. The Morgan fingerprint density at radius 1 is 1.22 bits per heavy atom. The number of carbonyl (C=O) groups excluding carboxylic acids is 1. The Balaban J connectivity index is 2.13. The van der Waals surface area contributed by atoms with E-state index in [0.29, 0.717) is 18.4 Å². The predicted octanol–water partition coefficient (Wildman–Crippen LogP) is 3.47. The number of ketones is 1. The van der Waals surface area contributed by atoms with E-state index >= 15 is 0 Å². The fourth-order valence-corrected chi connectivity index (χ4v) is 2.25. The lowest BCUT2D eigenvalue weighted by Crippen LogP contribution is -2.12. The number of aryl methyl sites for hydroxylation is 1. The number of Topliss-reactive ketones (excluding diaryl/α,β-unsaturated/α-hetero) is 1. The third-order valence-electron chi connectivity index (χ3n) is 3.13. The average Bonchev–Trinajstić information content (AvgIpc) is 2.86. The summed E-state index contributed by atoms with van der Waals surface area (Å²) in [6.07, 6.45) is 5.97. The van der Waals surface area contributed by atoms with Crippen LogP contribution in [0.4, 0.5) is 4.39 Å². The summed E-state index contributed by atoms with van der Waals surface area (Å²) in [7, 11) is 0. The zero-order valence-electron chi connectivity index (χ0n) is 9.65. The summed E-state index contributed by atoms with van der Waals surface area (Å²) < 4.78 is 18.2. The second-order valence-corrected chi connectivity index (χ2v) is 4.34. The van der Waals surface area contributed by atoms with E-state index in [9.17, 15) is 9.18 Å². The van der Waals surface area contributed by atoms with E-state index < -0.39 is 0 Å². The van der Waals surface area contributed by atoms with Gasteiger partial charge < -0.3 is 4.42 Å². The minimum Gasteiger partial charge on any atom is -0.472 e. The van der Waals surface area contributed by atoms with Crippen LogP contribution in [0.2, 0.25) is 0 Å². The molecular formula is C15H11FO2. The van der Waals surface area contributed by atoms with E-state index in [4.69, 9.17) is 4.42 Å². The molecule has 1 aromatic carbocycles. The van der Waals surface area contributed by atoms with Gasteiger partial charge in [-0.25, -0.2) is 4.39 Å². The Bertz CT molecular complexity index is 624. The zero-order valence-corrected chi connectivity index (χ0v) is 9.65. The van der Waals surface area contributed by atoms with Gasteiger partial charge in [-0.1, -0.05) is 6.07 Å². The number of carbonyl (C=O) groups is 1. The van der Waals surface area contributed by atoms with Gasteiger partial charge in [0, 0.05) is 17.6 Å². The lowest BCUT2D eigenvalue weighted by atomic mass is 9.85. The fourth-order valence-electron chi connectivity index (χ4n) is 2.25. The molecule has 0 N–H and O–H groups in total. The first kappa shape index (κ1) is 11.0.